The molecule has 3 aromatic rings. The molecule has 1 aliphatic carbocycles. The minimum Gasteiger partial charge on any atom is -0.339 e. The second-order valence-electron chi connectivity index (χ2n) is 8.71. The zero-order valence-corrected chi connectivity index (χ0v) is 18.2. The highest BCUT2D eigenvalue weighted by molar-refractivity contribution is 6.30. The standard InChI is InChI=1S/C25H26ClN3O2/c26-19-12-10-17(11-13-19)23(30)16-29-22-9-5-4-8-21(22)27-25(29)18-14-24(31)28(15-18)20-6-2-1-3-7-20/h4-5,8-13,18,20H,1-3,6-7,14-16H2. The number of amides is 1. The van der Waals surface area contributed by atoms with Crippen LogP contribution in [-0.4, -0.2) is 38.7 Å². The molecule has 1 saturated heterocycles. The molecule has 1 unspecified atom stereocenters. The average Bonchev–Trinajstić information content (AvgIpc) is 3.35. The summed E-state index contributed by atoms with van der Waals surface area (Å²) in [7, 11) is 0. The lowest BCUT2D eigenvalue weighted by Gasteiger charge is -2.31. The molecule has 1 aromatic heterocycles. The van der Waals surface area contributed by atoms with Crippen LogP contribution in [0.15, 0.2) is 48.5 Å². The van der Waals surface area contributed by atoms with Crippen LogP contribution >= 0.6 is 11.6 Å². The Morgan fingerprint density at radius 2 is 1.77 bits per heavy atom. The summed E-state index contributed by atoms with van der Waals surface area (Å²) in [6.07, 6.45) is 6.34. The summed E-state index contributed by atoms with van der Waals surface area (Å²) in [5, 5.41) is 0.609. The van der Waals surface area contributed by atoms with Crippen LogP contribution < -0.4 is 0 Å². The molecule has 5 rings (SSSR count). The van der Waals surface area contributed by atoms with Gasteiger partial charge in [-0.3, -0.25) is 9.59 Å². The fraction of sp³-hybridized carbons (Fsp3) is 0.400. The van der Waals surface area contributed by atoms with Crippen LogP contribution in [0.2, 0.25) is 5.02 Å². The predicted octanol–water partition coefficient (Wildman–Crippen LogP) is 5.22. The number of halogens is 1. The first-order valence-corrected chi connectivity index (χ1v) is 11.5. The molecule has 2 aliphatic rings. The summed E-state index contributed by atoms with van der Waals surface area (Å²) >= 11 is 5.98. The minimum absolute atomic E-state index is 0.00882. The molecule has 6 heteroatoms. The van der Waals surface area contributed by atoms with Crippen molar-refractivity contribution in [3.63, 3.8) is 0 Å². The normalized spacial score (nSPS) is 20.0. The van der Waals surface area contributed by atoms with Crippen molar-refractivity contribution in [2.45, 2.75) is 57.0 Å². The predicted molar refractivity (Wildman–Crippen MR) is 121 cm³/mol. The molecule has 1 saturated carbocycles. The number of likely N-dealkylation sites (tertiary alicyclic amines) is 1. The fourth-order valence-electron chi connectivity index (χ4n) is 5.09. The van der Waals surface area contributed by atoms with Crippen LogP contribution in [0.3, 0.4) is 0 Å². The smallest absolute Gasteiger partial charge is 0.223 e. The van der Waals surface area contributed by atoms with E-state index in [1.165, 1.54) is 19.3 Å². The second kappa shape index (κ2) is 8.46. The monoisotopic (exact) mass is 435 g/mol. The molecule has 2 fully saturated rings. The quantitative estimate of drug-likeness (QED) is 0.516. The van der Waals surface area contributed by atoms with Crippen LogP contribution in [0.5, 0.6) is 0 Å². The van der Waals surface area contributed by atoms with Crippen LogP contribution in [0.1, 0.15) is 60.6 Å². The van der Waals surface area contributed by atoms with Crippen molar-refractivity contribution in [1.29, 1.82) is 0 Å². The number of carbonyl (C=O) groups excluding carboxylic acids is 2. The maximum Gasteiger partial charge on any atom is 0.223 e. The van der Waals surface area contributed by atoms with Gasteiger partial charge < -0.3 is 9.47 Å². The Hall–Kier alpha value is -2.66. The Balaban J connectivity index is 1.45. The fourth-order valence-corrected chi connectivity index (χ4v) is 5.22. The first-order chi connectivity index (χ1) is 15.1. The summed E-state index contributed by atoms with van der Waals surface area (Å²) in [4.78, 5) is 32.9. The first-order valence-electron chi connectivity index (χ1n) is 11.1. The molecule has 160 valence electrons. The van der Waals surface area contributed by atoms with Crippen LogP contribution in [-0.2, 0) is 11.3 Å². The molecular weight excluding hydrogens is 410 g/mol. The van der Waals surface area contributed by atoms with E-state index in [0.29, 0.717) is 29.6 Å². The largest absolute Gasteiger partial charge is 0.339 e. The topological polar surface area (TPSA) is 55.2 Å². The number of carbonyl (C=O) groups is 2. The third-order valence-electron chi connectivity index (χ3n) is 6.69. The highest BCUT2D eigenvalue weighted by Crippen LogP contribution is 2.34. The van der Waals surface area contributed by atoms with Gasteiger partial charge in [0.1, 0.15) is 5.82 Å². The van der Waals surface area contributed by atoms with Crippen LogP contribution in [0.4, 0.5) is 0 Å². The maximum atomic E-state index is 13.0. The first kappa shape index (κ1) is 20.3. The van der Waals surface area contributed by atoms with E-state index in [1.54, 1.807) is 24.3 Å². The lowest BCUT2D eigenvalue weighted by Crippen LogP contribution is -2.37. The molecule has 2 heterocycles. The summed E-state index contributed by atoms with van der Waals surface area (Å²) in [5.41, 5.74) is 2.42. The molecule has 1 aliphatic heterocycles. The van der Waals surface area contributed by atoms with Gasteiger partial charge in [0.2, 0.25) is 5.91 Å². The SMILES string of the molecule is O=C(Cn1c(C2CC(=O)N(C3CCCCC3)C2)nc2ccccc21)c1ccc(Cl)cc1. The number of aromatic nitrogens is 2. The summed E-state index contributed by atoms with van der Waals surface area (Å²) in [5.74, 6) is 1.09. The molecule has 0 spiro atoms. The second-order valence-corrected chi connectivity index (χ2v) is 9.15. The van der Waals surface area contributed by atoms with E-state index in [2.05, 4.69) is 4.90 Å². The van der Waals surface area contributed by atoms with Gasteiger partial charge in [0, 0.05) is 35.5 Å². The van der Waals surface area contributed by atoms with E-state index in [-0.39, 0.29) is 24.2 Å². The van der Waals surface area contributed by atoms with Gasteiger partial charge >= 0.3 is 0 Å². The summed E-state index contributed by atoms with van der Waals surface area (Å²) < 4.78 is 2.01. The molecule has 2 aromatic carbocycles. The number of fused-ring (bicyclic) bond motifs is 1. The number of imidazole rings is 1. The highest BCUT2D eigenvalue weighted by Gasteiger charge is 2.38. The van der Waals surface area contributed by atoms with Crippen molar-refractivity contribution in [3.8, 4) is 0 Å². The molecular formula is C25H26ClN3O2. The van der Waals surface area contributed by atoms with Gasteiger partial charge in [-0.25, -0.2) is 4.98 Å². The number of para-hydroxylation sites is 2. The Bertz CT molecular complexity index is 1120. The molecule has 31 heavy (non-hydrogen) atoms. The molecule has 0 radical (unpaired) electrons. The number of rotatable bonds is 5. The average molecular weight is 436 g/mol. The van der Waals surface area contributed by atoms with E-state index in [0.717, 1.165) is 29.7 Å². The van der Waals surface area contributed by atoms with E-state index in [9.17, 15) is 9.59 Å². The van der Waals surface area contributed by atoms with Gasteiger partial charge in [-0.2, -0.15) is 0 Å². The molecule has 1 amide bonds. The van der Waals surface area contributed by atoms with E-state index in [4.69, 9.17) is 16.6 Å². The summed E-state index contributed by atoms with van der Waals surface area (Å²) in [6, 6.07) is 15.2. The van der Waals surface area contributed by atoms with E-state index in [1.807, 2.05) is 28.8 Å². The van der Waals surface area contributed by atoms with Crippen molar-refractivity contribution in [2.75, 3.05) is 6.54 Å². The van der Waals surface area contributed by atoms with Crippen molar-refractivity contribution in [1.82, 2.24) is 14.5 Å². The molecule has 0 N–H and O–H groups in total. The van der Waals surface area contributed by atoms with Crippen molar-refractivity contribution >= 4 is 34.3 Å². The van der Waals surface area contributed by atoms with Gasteiger partial charge in [0.15, 0.2) is 5.78 Å². The third-order valence-corrected chi connectivity index (χ3v) is 6.94. The van der Waals surface area contributed by atoms with Gasteiger partial charge in [-0.15, -0.1) is 0 Å². The molecule has 5 nitrogen and oxygen atoms in total. The zero-order valence-electron chi connectivity index (χ0n) is 17.5. The number of hydrogen-bond donors (Lipinski definition) is 0. The van der Waals surface area contributed by atoms with Gasteiger partial charge in [0.05, 0.1) is 17.6 Å². The van der Waals surface area contributed by atoms with Crippen molar-refractivity contribution < 1.29 is 9.59 Å². The van der Waals surface area contributed by atoms with Crippen molar-refractivity contribution in [2.24, 2.45) is 0 Å². The number of hydrogen-bond acceptors (Lipinski definition) is 3. The molecule has 1 atom stereocenters. The third kappa shape index (κ3) is 3.99. The number of nitrogens with zero attached hydrogens (tertiary/aromatic N) is 3. The minimum atomic E-state index is 0.00882. The highest BCUT2D eigenvalue weighted by atomic mass is 35.5. The van der Waals surface area contributed by atoms with Gasteiger partial charge in [-0.05, 0) is 49.2 Å². The number of ketones is 1. The number of Topliss-reactive ketones (excluding diaryl/α,β-unsaturated/α-hetero) is 1. The van der Waals surface area contributed by atoms with E-state index < -0.39 is 0 Å². The van der Waals surface area contributed by atoms with Crippen molar-refractivity contribution in [3.05, 3.63) is 64.9 Å². The number of benzene rings is 2. The lowest BCUT2D eigenvalue weighted by atomic mass is 9.94. The Kier molecular flexibility index (Phi) is 5.53. The molecule has 0 bridgehead atoms. The van der Waals surface area contributed by atoms with Crippen LogP contribution in [0.25, 0.3) is 11.0 Å². The summed E-state index contributed by atoms with van der Waals surface area (Å²) in [6.45, 7) is 0.896. The van der Waals surface area contributed by atoms with E-state index >= 15 is 0 Å². The maximum absolute atomic E-state index is 13.0. The van der Waals surface area contributed by atoms with Gasteiger partial charge in [-0.1, -0.05) is 43.0 Å². The Labute approximate surface area is 187 Å². The van der Waals surface area contributed by atoms with Gasteiger partial charge in [0.25, 0.3) is 0 Å². The van der Waals surface area contributed by atoms with Crippen LogP contribution in [0, 0.1) is 0 Å². The Morgan fingerprint density at radius 1 is 1.03 bits per heavy atom. The lowest BCUT2D eigenvalue weighted by molar-refractivity contribution is -0.130. The Morgan fingerprint density at radius 3 is 2.55 bits per heavy atom. The zero-order chi connectivity index (χ0) is 21.4.